The molecule has 1 aliphatic heterocycles. The van der Waals surface area contributed by atoms with Crippen LogP contribution in [0.5, 0.6) is 5.75 Å². The Kier molecular flexibility index (Phi) is 6.20. The van der Waals surface area contributed by atoms with E-state index < -0.39 is 11.8 Å². The monoisotopic (exact) mass is 478 g/mol. The molecule has 168 valence electrons. The van der Waals surface area contributed by atoms with Crippen LogP contribution in [0.1, 0.15) is 53.8 Å². The van der Waals surface area contributed by atoms with Crippen LogP contribution in [0.4, 0.5) is 13.9 Å². The van der Waals surface area contributed by atoms with Gasteiger partial charge in [-0.2, -0.15) is 8.78 Å². The maximum absolute atomic E-state index is 14.3. The molecule has 2 aromatic carbocycles. The van der Waals surface area contributed by atoms with Gasteiger partial charge in [0.2, 0.25) is 0 Å². The number of anilines is 1. The van der Waals surface area contributed by atoms with Crippen LogP contribution in [-0.4, -0.2) is 22.6 Å². The predicted molar refractivity (Wildman–Crippen MR) is 122 cm³/mol. The van der Waals surface area contributed by atoms with Crippen molar-refractivity contribution in [1.82, 2.24) is 4.98 Å². The number of halogens is 3. The Morgan fingerprint density at radius 1 is 1.34 bits per heavy atom. The lowest BCUT2D eigenvalue weighted by Gasteiger charge is -2.24. The second-order valence-corrected chi connectivity index (χ2v) is 9.22. The second-order valence-electron chi connectivity index (χ2n) is 7.76. The highest BCUT2D eigenvalue weighted by molar-refractivity contribution is 7.22. The van der Waals surface area contributed by atoms with Crippen LogP contribution in [0.15, 0.2) is 42.5 Å². The number of ether oxygens (including phenoxy) is 1. The number of benzene rings is 2. The van der Waals surface area contributed by atoms with E-state index in [9.17, 15) is 18.7 Å². The molecule has 1 amide bonds. The smallest absolute Gasteiger partial charge is 0.294 e. The van der Waals surface area contributed by atoms with E-state index in [-0.39, 0.29) is 33.7 Å². The number of carbonyl (C=O) groups is 1. The van der Waals surface area contributed by atoms with Crippen molar-refractivity contribution in [3.05, 3.63) is 64.2 Å². The molecular formula is C23H21ClF2N2O3S. The number of fused-ring (bicyclic) bond motifs is 1. The summed E-state index contributed by atoms with van der Waals surface area (Å²) in [5.74, 6) is -3.96. The van der Waals surface area contributed by atoms with Crippen molar-refractivity contribution in [3.8, 4) is 5.75 Å². The molecule has 9 heteroatoms. The average molecular weight is 479 g/mol. The third-order valence-electron chi connectivity index (χ3n) is 5.38. The van der Waals surface area contributed by atoms with Crippen LogP contribution in [0.2, 0.25) is 5.02 Å². The Labute approximate surface area is 192 Å². The van der Waals surface area contributed by atoms with Crippen LogP contribution < -0.4 is 5.32 Å². The van der Waals surface area contributed by atoms with Crippen molar-refractivity contribution >= 4 is 44.2 Å². The van der Waals surface area contributed by atoms with Crippen LogP contribution in [0, 0.1) is 0 Å². The number of aromatic hydroxyl groups is 1. The maximum Gasteiger partial charge on any atom is 0.294 e. The largest absolute Gasteiger partial charge is 0.507 e. The second kappa shape index (κ2) is 8.77. The van der Waals surface area contributed by atoms with E-state index in [1.165, 1.54) is 31.2 Å². The lowest BCUT2D eigenvalue weighted by molar-refractivity contribution is 0.0136. The molecule has 1 saturated heterocycles. The standard InChI is InChI=1S/C23H21ClF2N2O3S/c1-12(2)23(25,26)13-6-7-17-19(9-13)32-22(27-17)28-21(30)16-11-14(24)10-15(20(16)29)18-5-3-4-8-31-18/h6-7,9-11,18,29H,1,3-5,8H2,2H3,(H,27,28,30). The van der Waals surface area contributed by atoms with Crippen molar-refractivity contribution in [3.63, 3.8) is 0 Å². The third-order valence-corrected chi connectivity index (χ3v) is 6.53. The summed E-state index contributed by atoms with van der Waals surface area (Å²) in [4.78, 5) is 17.2. The summed E-state index contributed by atoms with van der Waals surface area (Å²) >= 11 is 7.26. The summed E-state index contributed by atoms with van der Waals surface area (Å²) in [6.45, 7) is 5.20. The molecule has 0 radical (unpaired) electrons. The molecule has 1 atom stereocenters. The minimum Gasteiger partial charge on any atom is -0.507 e. The van der Waals surface area contributed by atoms with Gasteiger partial charge in [0.15, 0.2) is 5.13 Å². The van der Waals surface area contributed by atoms with E-state index in [1.54, 1.807) is 6.07 Å². The number of phenols is 1. The molecule has 0 aliphatic carbocycles. The molecule has 2 heterocycles. The van der Waals surface area contributed by atoms with Gasteiger partial charge in [-0.1, -0.05) is 35.6 Å². The summed E-state index contributed by atoms with van der Waals surface area (Å²) in [5.41, 5.74) is 0.486. The lowest BCUT2D eigenvalue weighted by atomic mass is 9.98. The topological polar surface area (TPSA) is 71.5 Å². The first-order valence-corrected chi connectivity index (χ1v) is 11.3. The average Bonchev–Trinajstić information content (AvgIpc) is 3.16. The van der Waals surface area contributed by atoms with Gasteiger partial charge < -0.3 is 9.84 Å². The fourth-order valence-corrected chi connectivity index (χ4v) is 4.74. The van der Waals surface area contributed by atoms with Gasteiger partial charge in [0.05, 0.1) is 21.9 Å². The number of aromatic nitrogens is 1. The molecule has 1 aromatic heterocycles. The van der Waals surface area contributed by atoms with E-state index in [2.05, 4.69) is 16.9 Å². The van der Waals surface area contributed by atoms with E-state index in [4.69, 9.17) is 16.3 Å². The van der Waals surface area contributed by atoms with E-state index in [0.717, 1.165) is 30.6 Å². The highest BCUT2D eigenvalue weighted by atomic mass is 35.5. The Balaban J connectivity index is 1.61. The minimum absolute atomic E-state index is 0.00423. The number of carbonyl (C=O) groups excluding carboxylic acids is 1. The summed E-state index contributed by atoms with van der Waals surface area (Å²) < 4.78 is 34.8. The first kappa shape index (κ1) is 22.6. The zero-order valence-corrected chi connectivity index (χ0v) is 18.8. The van der Waals surface area contributed by atoms with Gasteiger partial charge in [0.25, 0.3) is 11.8 Å². The normalized spacial score (nSPS) is 16.8. The number of nitrogens with one attached hydrogen (secondary N) is 1. The van der Waals surface area contributed by atoms with E-state index >= 15 is 0 Å². The molecule has 1 fully saturated rings. The first-order valence-electron chi connectivity index (χ1n) is 10.1. The van der Waals surface area contributed by atoms with Crippen molar-refractivity contribution in [2.45, 2.75) is 38.2 Å². The zero-order valence-electron chi connectivity index (χ0n) is 17.3. The Morgan fingerprint density at radius 2 is 2.12 bits per heavy atom. The summed E-state index contributed by atoms with van der Waals surface area (Å²) in [5, 5.41) is 13.9. The molecule has 4 rings (SSSR count). The fourth-order valence-electron chi connectivity index (χ4n) is 3.61. The quantitative estimate of drug-likeness (QED) is 0.395. The van der Waals surface area contributed by atoms with Gasteiger partial charge >= 0.3 is 0 Å². The van der Waals surface area contributed by atoms with Crippen LogP contribution in [0.3, 0.4) is 0 Å². The van der Waals surface area contributed by atoms with E-state index in [1.807, 2.05) is 0 Å². The van der Waals surface area contributed by atoms with Gasteiger partial charge in [-0.25, -0.2) is 4.98 Å². The summed E-state index contributed by atoms with van der Waals surface area (Å²) in [6.07, 6.45) is 2.30. The van der Waals surface area contributed by atoms with Crippen molar-refractivity contribution < 1.29 is 23.4 Å². The fraction of sp³-hybridized carbons (Fsp3) is 0.304. The van der Waals surface area contributed by atoms with Gasteiger partial charge in [0, 0.05) is 22.8 Å². The zero-order chi connectivity index (χ0) is 23.0. The number of nitrogens with zero attached hydrogens (tertiary/aromatic N) is 1. The minimum atomic E-state index is -3.16. The van der Waals surface area contributed by atoms with Crippen molar-refractivity contribution in [2.75, 3.05) is 11.9 Å². The number of phenolic OH excluding ortho intramolecular Hbond substituents is 1. The van der Waals surface area contributed by atoms with Crippen molar-refractivity contribution in [1.29, 1.82) is 0 Å². The number of rotatable bonds is 5. The lowest BCUT2D eigenvalue weighted by Crippen LogP contribution is -2.15. The van der Waals surface area contributed by atoms with Gasteiger partial charge in [-0.05, 0) is 56.0 Å². The molecule has 3 aromatic rings. The number of thiazole rings is 1. The third kappa shape index (κ3) is 4.35. The Hall–Kier alpha value is -2.55. The van der Waals surface area contributed by atoms with E-state index in [0.29, 0.717) is 27.4 Å². The molecule has 0 bridgehead atoms. The van der Waals surface area contributed by atoms with Crippen LogP contribution in [0.25, 0.3) is 10.2 Å². The number of amides is 1. The first-order chi connectivity index (χ1) is 15.2. The Bertz CT molecular complexity index is 1210. The predicted octanol–water partition coefficient (Wildman–Crippen LogP) is 6.82. The number of alkyl halides is 2. The molecular weight excluding hydrogens is 458 g/mol. The van der Waals surface area contributed by atoms with Crippen LogP contribution >= 0.6 is 22.9 Å². The Morgan fingerprint density at radius 3 is 2.81 bits per heavy atom. The van der Waals surface area contributed by atoms with Gasteiger partial charge in [0.1, 0.15) is 5.75 Å². The van der Waals surface area contributed by atoms with Crippen molar-refractivity contribution in [2.24, 2.45) is 0 Å². The molecule has 1 unspecified atom stereocenters. The van der Waals surface area contributed by atoms with Crippen LogP contribution in [-0.2, 0) is 10.7 Å². The van der Waals surface area contributed by atoms with Gasteiger partial charge in [-0.15, -0.1) is 0 Å². The molecule has 1 aliphatic rings. The SMILES string of the molecule is C=C(C)C(F)(F)c1ccc2nc(NC(=O)c3cc(Cl)cc(C4CCCCO4)c3O)sc2c1. The highest BCUT2D eigenvalue weighted by Gasteiger charge is 2.33. The number of allylic oxidation sites excluding steroid dienone is 1. The van der Waals surface area contributed by atoms with Gasteiger partial charge in [-0.3, -0.25) is 10.1 Å². The molecule has 0 spiro atoms. The molecule has 2 N–H and O–H groups in total. The summed E-state index contributed by atoms with van der Waals surface area (Å²) in [7, 11) is 0. The number of hydrogen-bond donors (Lipinski definition) is 2. The molecule has 5 nitrogen and oxygen atoms in total. The molecule has 32 heavy (non-hydrogen) atoms. The summed E-state index contributed by atoms with van der Waals surface area (Å²) in [6, 6.07) is 7.08. The highest BCUT2D eigenvalue weighted by Crippen LogP contribution is 2.39. The molecule has 0 saturated carbocycles. The number of hydrogen-bond acceptors (Lipinski definition) is 5. The maximum atomic E-state index is 14.3.